The number of benzene rings is 1. The Morgan fingerprint density at radius 2 is 1.83 bits per heavy atom. The van der Waals surface area contributed by atoms with Crippen LogP contribution in [0.1, 0.15) is 24.4 Å². The quantitative estimate of drug-likeness (QED) is 0.876. The van der Waals surface area contributed by atoms with Gasteiger partial charge in [0.2, 0.25) is 0 Å². The van der Waals surface area contributed by atoms with Gasteiger partial charge in [0.1, 0.15) is 0 Å². The lowest BCUT2D eigenvalue weighted by Gasteiger charge is -2.22. The largest absolute Gasteiger partial charge is 0.317 e. The zero-order chi connectivity index (χ0) is 12.4. The molecule has 0 spiro atoms. The molecule has 1 aliphatic rings. The Balaban J connectivity index is 1.82. The average molecular weight is 241 g/mol. The molecule has 1 aromatic carbocycles. The van der Waals surface area contributed by atoms with Crippen LogP contribution in [-0.4, -0.2) is 22.9 Å². The van der Waals surface area contributed by atoms with Crippen molar-refractivity contribution >= 4 is 0 Å². The highest BCUT2D eigenvalue weighted by molar-refractivity contribution is 5.61. The SMILES string of the molecule is Cc1ccc(-c2cnn(C3CCNCC3)c2)cc1. The van der Waals surface area contributed by atoms with Gasteiger partial charge < -0.3 is 5.32 Å². The fourth-order valence-corrected chi connectivity index (χ4v) is 2.50. The third-order valence-corrected chi connectivity index (χ3v) is 3.67. The molecular formula is C15H19N3. The van der Waals surface area contributed by atoms with Crippen LogP contribution in [0, 0.1) is 6.92 Å². The van der Waals surface area contributed by atoms with Crippen molar-refractivity contribution in [1.29, 1.82) is 0 Å². The van der Waals surface area contributed by atoms with Crippen molar-refractivity contribution in [3.63, 3.8) is 0 Å². The molecule has 3 rings (SSSR count). The van der Waals surface area contributed by atoms with E-state index in [1.807, 2.05) is 6.20 Å². The first-order valence-electron chi connectivity index (χ1n) is 6.65. The first-order valence-corrected chi connectivity index (χ1v) is 6.65. The Kier molecular flexibility index (Phi) is 3.15. The van der Waals surface area contributed by atoms with Crippen LogP contribution in [0.4, 0.5) is 0 Å². The van der Waals surface area contributed by atoms with Gasteiger partial charge >= 0.3 is 0 Å². The molecule has 1 N–H and O–H groups in total. The van der Waals surface area contributed by atoms with Crippen LogP contribution in [0.2, 0.25) is 0 Å². The zero-order valence-electron chi connectivity index (χ0n) is 10.8. The standard InChI is InChI=1S/C15H19N3/c1-12-2-4-13(5-3-12)14-10-17-18(11-14)15-6-8-16-9-7-15/h2-5,10-11,15-16H,6-9H2,1H3. The van der Waals surface area contributed by atoms with E-state index >= 15 is 0 Å². The molecule has 3 nitrogen and oxygen atoms in total. The van der Waals surface area contributed by atoms with E-state index in [2.05, 4.69) is 52.5 Å². The molecule has 94 valence electrons. The number of hydrogen-bond acceptors (Lipinski definition) is 2. The van der Waals surface area contributed by atoms with Crippen molar-refractivity contribution in [3.05, 3.63) is 42.2 Å². The first kappa shape index (κ1) is 11.5. The van der Waals surface area contributed by atoms with Gasteiger partial charge in [-0.05, 0) is 38.4 Å². The molecule has 0 saturated carbocycles. The van der Waals surface area contributed by atoms with Crippen LogP contribution in [0.3, 0.4) is 0 Å². The Bertz CT molecular complexity index is 507. The minimum absolute atomic E-state index is 0.561. The van der Waals surface area contributed by atoms with Crippen LogP contribution in [0.25, 0.3) is 11.1 Å². The number of aromatic nitrogens is 2. The zero-order valence-corrected chi connectivity index (χ0v) is 10.8. The van der Waals surface area contributed by atoms with Crippen LogP contribution in [0.15, 0.2) is 36.7 Å². The van der Waals surface area contributed by atoms with Crippen molar-refractivity contribution in [3.8, 4) is 11.1 Å². The maximum Gasteiger partial charge on any atom is 0.0568 e. The second kappa shape index (κ2) is 4.94. The highest BCUT2D eigenvalue weighted by Gasteiger charge is 2.15. The molecular weight excluding hydrogens is 222 g/mol. The van der Waals surface area contributed by atoms with Crippen molar-refractivity contribution in [2.75, 3.05) is 13.1 Å². The van der Waals surface area contributed by atoms with Crippen LogP contribution < -0.4 is 5.32 Å². The molecule has 1 aliphatic heterocycles. The van der Waals surface area contributed by atoms with E-state index in [1.165, 1.54) is 29.5 Å². The normalized spacial score (nSPS) is 16.9. The molecule has 0 amide bonds. The van der Waals surface area contributed by atoms with Gasteiger partial charge in [0.15, 0.2) is 0 Å². The summed E-state index contributed by atoms with van der Waals surface area (Å²) in [6.45, 7) is 4.32. The number of nitrogens with one attached hydrogen (secondary N) is 1. The molecule has 1 aromatic heterocycles. The maximum atomic E-state index is 4.53. The van der Waals surface area contributed by atoms with Crippen molar-refractivity contribution in [1.82, 2.24) is 15.1 Å². The predicted octanol–water partition coefficient (Wildman–Crippen LogP) is 2.78. The number of nitrogens with zero attached hydrogens (tertiary/aromatic N) is 2. The van der Waals surface area contributed by atoms with Gasteiger partial charge in [0.25, 0.3) is 0 Å². The summed E-state index contributed by atoms with van der Waals surface area (Å²) in [5.74, 6) is 0. The van der Waals surface area contributed by atoms with Crippen molar-refractivity contribution in [2.45, 2.75) is 25.8 Å². The lowest BCUT2D eigenvalue weighted by atomic mass is 10.1. The second-order valence-corrected chi connectivity index (χ2v) is 5.06. The molecule has 0 aliphatic carbocycles. The summed E-state index contributed by atoms with van der Waals surface area (Å²) in [6, 6.07) is 9.19. The lowest BCUT2D eigenvalue weighted by molar-refractivity contribution is 0.343. The fraction of sp³-hybridized carbons (Fsp3) is 0.400. The third kappa shape index (κ3) is 2.31. The van der Waals surface area contributed by atoms with Gasteiger partial charge in [-0.2, -0.15) is 5.10 Å². The van der Waals surface area contributed by atoms with E-state index < -0.39 is 0 Å². The molecule has 18 heavy (non-hydrogen) atoms. The van der Waals surface area contributed by atoms with Crippen molar-refractivity contribution in [2.24, 2.45) is 0 Å². The van der Waals surface area contributed by atoms with Crippen LogP contribution in [-0.2, 0) is 0 Å². The van der Waals surface area contributed by atoms with Gasteiger partial charge in [-0.15, -0.1) is 0 Å². The van der Waals surface area contributed by atoms with E-state index in [1.54, 1.807) is 0 Å². The van der Waals surface area contributed by atoms with E-state index in [4.69, 9.17) is 0 Å². The molecule has 0 radical (unpaired) electrons. The van der Waals surface area contributed by atoms with Gasteiger partial charge in [-0.25, -0.2) is 0 Å². The van der Waals surface area contributed by atoms with Crippen LogP contribution in [0.5, 0.6) is 0 Å². The van der Waals surface area contributed by atoms with Crippen LogP contribution >= 0.6 is 0 Å². The maximum absolute atomic E-state index is 4.53. The van der Waals surface area contributed by atoms with E-state index in [9.17, 15) is 0 Å². The predicted molar refractivity (Wildman–Crippen MR) is 73.5 cm³/mol. The second-order valence-electron chi connectivity index (χ2n) is 5.06. The number of aryl methyl sites for hydroxylation is 1. The topological polar surface area (TPSA) is 29.9 Å². The summed E-state index contributed by atoms with van der Waals surface area (Å²) in [5, 5.41) is 7.92. The highest BCUT2D eigenvalue weighted by atomic mass is 15.3. The Labute approximate surface area is 108 Å². The monoisotopic (exact) mass is 241 g/mol. The number of piperidine rings is 1. The first-order chi connectivity index (χ1) is 8.83. The molecule has 3 heteroatoms. The fourth-order valence-electron chi connectivity index (χ4n) is 2.50. The Hall–Kier alpha value is -1.61. The van der Waals surface area contributed by atoms with Gasteiger partial charge in [-0.3, -0.25) is 4.68 Å². The van der Waals surface area contributed by atoms with Crippen molar-refractivity contribution < 1.29 is 0 Å². The van der Waals surface area contributed by atoms with Gasteiger partial charge in [0.05, 0.1) is 12.2 Å². The molecule has 0 unspecified atom stereocenters. The minimum atomic E-state index is 0.561. The molecule has 2 aromatic rings. The lowest BCUT2D eigenvalue weighted by Crippen LogP contribution is -2.29. The Morgan fingerprint density at radius 3 is 2.56 bits per heavy atom. The number of hydrogen-bond donors (Lipinski definition) is 1. The third-order valence-electron chi connectivity index (χ3n) is 3.67. The Morgan fingerprint density at radius 1 is 1.11 bits per heavy atom. The molecule has 1 fully saturated rings. The van der Waals surface area contributed by atoms with E-state index in [0.717, 1.165) is 13.1 Å². The summed E-state index contributed by atoms with van der Waals surface area (Å²) >= 11 is 0. The highest BCUT2D eigenvalue weighted by Crippen LogP contribution is 2.23. The van der Waals surface area contributed by atoms with Gasteiger partial charge in [-0.1, -0.05) is 29.8 Å². The average Bonchev–Trinajstić information content (AvgIpc) is 2.90. The molecule has 1 saturated heterocycles. The summed E-state index contributed by atoms with van der Waals surface area (Å²) in [6.07, 6.45) is 6.51. The molecule has 0 atom stereocenters. The summed E-state index contributed by atoms with van der Waals surface area (Å²) in [5.41, 5.74) is 3.76. The summed E-state index contributed by atoms with van der Waals surface area (Å²) in [4.78, 5) is 0. The van der Waals surface area contributed by atoms with E-state index in [0.29, 0.717) is 6.04 Å². The summed E-state index contributed by atoms with van der Waals surface area (Å²) < 4.78 is 2.13. The van der Waals surface area contributed by atoms with Gasteiger partial charge in [0, 0.05) is 11.8 Å². The summed E-state index contributed by atoms with van der Waals surface area (Å²) in [7, 11) is 0. The molecule has 0 bridgehead atoms. The van der Waals surface area contributed by atoms with E-state index in [-0.39, 0.29) is 0 Å². The minimum Gasteiger partial charge on any atom is -0.317 e. The number of rotatable bonds is 2. The smallest absolute Gasteiger partial charge is 0.0568 e. The molecule has 2 heterocycles.